The number of carbonyl (C=O) groups is 1. The maximum atomic E-state index is 11.2. The third-order valence-electron chi connectivity index (χ3n) is 2.79. The molecular weight excluding hydrogens is 276 g/mol. The lowest BCUT2D eigenvalue weighted by Gasteiger charge is -2.20. The van der Waals surface area contributed by atoms with Crippen LogP contribution in [0, 0.1) is 12.3 Å². The molecule has 0 N–H and O–H groups in total. The highest BCUT2D eigenvalue weighted by Crippen LogP contribution is 2.13. The minimum absolute atomic E-state index is 0.0216. The van der Waals surface area contributed by atoms with Gasteiger partial charge in [-0.1, -0.05) is 25.7 Å². The molecule has 0 aliphatic rings. The van der Waals surface area contributed by atoms with Gasteiger partial charge in [0.2, 0.25) is 0 Å². The van der Waals surface area contributed by atoms with Crippen molar-refractivity contribution in [1.82, 2.24) is 0 Å². The molecule has 0 bridgehead atoms. The lowest BCUT2D eigenvalue weighted by molar-refractivity contribution is -0.114. The fourth-order valence-electron chi connectivity index (χ4n) is 1.59. The number of allylic oxidation sites excluding steroid dienone is 5. The van der Waals surface area contributed by atoms with Crippen LogP contribution in [0.15, 0.2) is 61.6 Å². The molecule has 0 heterocycles. The third-order valence-corrected chi connectivity index (χ3v) is 2.79. The molecule has 22 heavy (non-hydrogen) atoms. The molecule has 3 nitrogen and oxygen atoms in total. The van der Waals surface area contributed by atoms with Crippen molar-refractivity contribution in [3.05, 3.63) is 61.6 Å². The van der Waals surface area contributed by atoms with E-state index < -0.39 is 0 Å². The smallest absolute Gasteiger partial charge is 0.155 e. The van der Waals surface area contributed by atoms with Gasteiger partial charge in [0, 0.05) is 6.42 Å². The van der Waals surface area contributed by atoms with Crippen LogP contribution in [-0.4, -0.2) is 18.5 Å². The van der Waals surface area contributed by atoms with Crippen molar-refractivity contribution in [2.45, 2.75) is 32.3 Å². The number of hydrogen-bond donors (Lipinski definition) is 0. The first-order chi connectivity index (χ1) is 10.6. The molecule has 0 aromatic carbocycles. The molecule has 0 fully saturated rings. The van der Waals surface area contributed by atoms with Crippen LogP contribution in [0.3, 0.4) is 0 Å². The van der Waals surface area contributed by atoms with Gasteiger partial charge in [0.25, 0.3) is 0 Å². The summed E-state index contributed by atoms with van der Waals surface area (Å²) in [4.78, 5) is 11.2. The molecule has 0 saturated carbocycles. The highest BCUT2D eigenvalue weighted by Gasteiger charge is 2.12. The lowest BCUT2D eigenvalue weighted by Crippen LogP contribution is -2.19. The first kappa shape index (κ1) is 19.5. The first-order valence-corrected chi connectivity index (χ1v) is 7.12. The van der Waals surface area contributed by atoms with E-state index in [0.29, 0.717) is 37.4 Å². The Balaban J connectivity index is 4.51. The summed E-state index contributed by atoms with van der Waals surface area (Å²) in [6, 6.07) is 0. The predicted molar refractivity (Wildman–Crippen MR) is 90.9 cm³/mol. The van der Waals surface area contributed by atoms with E-state index in [4.69, 9.17) is 15.9 Å². The topological polar surface area (TPSA) is 35.5 Å². The Morgan fingerprint density at radius 2 is 2.09 bits per heavy atom. The second-order valence-electron chi connectivity index (χ2n) is 4.48. The lowest BCUT2D eigenvalue weighted by atomic mass is 10.1. The van der Waals surface area contributed by atoms with Crippen LogP contribution in [0.5, 0.6) is 0 Å². The van der Waals surface area contributed by atoms with Gasteiger partial charge in [-0.05, 0) is 50.1 Å². The molecule has 0 spiro atoms. The summed E-state index contributed by atoms with van der Waals surface area (Å²) in [6.07, 6.45) is 14.7. The van der Waals surface area contributed by atoms with Crippen LogP contribution in [0.25, 0.3) is 0 Å². The zero-order valence-corrected chi connectivity index (χ0v) is 13.2. The van der Waals surface area contributed by atoms with Crippen molar-refractivity contribution in [1.29, 1.82) is 0 Å². The fourth-order valence-corrected chi connectivity index (χ4v) is 1.59. The zero-order valence-electron chi connectivity index (χ0n) is 13.2. The Bertz CT molecular complexity index is 489. The van der Waals surface area contributed by atoms with Gasteiger partial charge in [-0.2, -0.15) is 0 Å². The Morgan fingerprint density at radius 3 is 2.64 bits per heavy atom. The minimum atomic E-state index is -0.211. The number of hydrogen-bond acceptors (Lipinski definition) is 3. The van der Waals surface area contributed by atoms with Crippen molar-refractivity contribution in [3.8, 4) is 12.3 Å². The summed E-state index contributed by atoms with van der Waals surface area (Å²) >= 11 is 0. The summed E-state index contributed by atoms with van der Waals surface area (Å²) in [7, 11) is 0. The minimum Gasteiger partial charge on any atom is -0.490 e. The number of terminal acetylenes is 1. The van der Waals surface area contributed by atoms with E-state index in [9.17, 15) is 4.79 Å². The highest BCUT2D eigenvalue weighted by atomic mass is 16.5. The number of ether oxygens (including phenoxy) is 2. The van der Waals surface area contributed by atoms with Gasteiger partial charge < -0.3 is 9.47 Å². The van der Waals surface area contributed by atoms with Gasteiger partial charge in [-0.25, -0.2) is 0 Å². The molecule has 0 aliphatic carbocycles. The van der Waals surface area contributed by atoms with Gasteiger partial charge in [0.1, 0.15) is 24.2 Å². The molecular formula is C19H24O3. The maximum absolute atomic E-state index is 11.2. The molecule has 1 atom stereocenters. The van der Waals surface area contributed by atoms with E-state index in [-0.39, 0.29) is 11.9 Å². The molecule has 1 unspecified atom stereocenters. The maximum Gasteiger partial charge on any atom is 0.155 e. The van der Waals surface area contributed by atoms with Crippen LogP contribution in [0.4, 0.5) is 0 Å². The predicted octanol–water partition coefficient (Wildman–Crippen LogP) is 4.11. The van der Waals surface area contributed by atoms with Crippen LogP contribution in [0.2, 0.25) is 0 Å². The Hall–Kier alpha value is -2.47. The van der Waals surface area contributed by atoms with Gasteiger partial charge in [-0.15, -0.1) is 6.42 Å². The van der Waals surface area contributed by atoms with Crippen LogP contribution < -0.4 is 0 Å². The number of rotatable bonds is 12. The van der Waals surface area contributed by atoms with Crippen molar-refractivity contribution >= 4 is 5.78 Å². The monoisotopic (exact) mass is 300 g/mol. The van der Waals surface area contributed by atoms with Gasteiger partial charge in [-0.3, -0.25) is 4.79 Å². The molecule has 0 aliphatic heterocycles. The van der Waals surface area contributed by atoms with Gasteiger partial charge in [0.15, 0.2) is 5.78 Å². The van der Waals surface area contributed by atoms with Crippen molar-refractivity contribution in [2.24, 2.45) is 0 Å². The summed E-state index contributed by atoms with van der Waals surface area (Å²) in [6.45, 7) is 13.0. The molecule has 0 radical (unpaired) electrons. The SMILES string of the molecule is C#CC=CC(=CC)OCC(CCCC(=O)C=C)OC(=C)C=C. The zero-order chi connectivity index (χ0) is 16.8. The van der Waals surface area contributed by atoms with Crippen molar-refractivity contribution in [2.75, 3.05) is 6.61 Å². The fraction of sp³-hybridized carbons (Fsp3) is 0.316. The Morgan fingerprint density at radius 1 is 1.36 bits per heavy atom. The van der Waals surface area contributed by atoms with Crippen molar-refractivity contribution < 1.29 is 14.3 Å². The summed E-state index contributed by atoms with van der Waals surface area (Å²) in [5.74, 6) is 3.57. The second kappa shape index (κ2) is 12.3. The Labute approximate surface area is 133 Å². The molecule has 0 amide bonds. The molecule has 118 valence electrons. The summed E-state index contributed by atoms with van der Waals surface area (Å²) < 4.78 is 11.3. The van der Waals surface area contributed by atoms with Crippen LogP contribution in [-0.2, 0) is 14.3 Å². The number of ketones is 1. The van der Waals surface area contributed by atoms with E-state index in [0.717, 1.165) is 0 Å². The summed E-state index contributed by atoms with van der Waals surface area (Å²) in [5.41, 5.74) is 0. The molecule has 3 heteroatoms. The Kier molecular flexibility index (Phi) is 10.9. The van der Waals surface area contributed by atoms with Gasteiger partial charge in [0.05, 0.1) is 0 Å². The standard InChI is InChI=1S/C19H24O3/c1-6-10-13-18(9-4)21-15-19(22-16(5)7-2)14-11-12-17(20)8-3/h1,7-10,13,19H,2-3,5,11-12,14-15H2,4H3. The van der Waals surface area contributed by atoms with E-state index in [1.165, 1.54) is 12.2 Å². The van der Waals surface area contributed by atoms with Gasteiger partial charge >= 0.3 is 0 Å². The third kappa shape index (κ3) is 9.44. The first-order valence-electron chi connectivity index (χ1n) is 7.12. The average Bonchev–Trinajstić information content (AvgIpc) is 2.54. The van der Waals surface area contributed by atoms with Crippen LogP contribution >= 0.6 is 0 Å². The summed E-state index contributed by atoms with van der Waals surface area (Å²) in [5, 5.41) is 0. The largest absolute Gasteiger partial charge is 0.490 e. The van der Waals surface area contributed by atoms with E-state index in [1.54, 1.807) is 12.2 Å². The van der Waals surface area contributed by atoms with Crippen molar-refractivity contribution in [3.63, 3.8) is 0 Å². The van der Waals surface area contributed by atoms with Crippen LogP contribution in [0.1, 0.15) is 26.2 Å². The van der Waals surface area contributed by atoms with E-state index in [2.05, 4.69) is 25.7 Å². The number of carbonyl (C=O) groups excluding carboxylic acids is 1. The highest BCUT2D eigenvalue weighted by molar-refractivity contribution is 5.88. The second-order valence-corrected chi connectivity index (χ2v) is 4.48. The molecule has 0 saturated heterocycles. The quantitative estimate of drug-likeness (QED) is 0.235. The average molecular weight is 300 g/mol. The van der Waals surface area contributed by atoms with E-state index >= 15 is 0 Å². The molecule has 0 aromatic rings. The molecule has 0 rings (SSSR count). The van der Waals surface area contributed by atoms with E-state index in [1.807, 2.05) is 13.0 Å². The molecule has 0 aromatic heterocycles. The normalized spacial score (nSPS) is 12.3.